The molecule has 1 unspecified atom stereocenters. The van der Waals surface area contributed by atoms with Gasteiger partial charge in [0.25, 0.3) is 0 Å². The van der Waals surface area contributed by atoms with Crippen LogP contribution >= 0.6 is 11.8 Å². The number of benzene rings is 1. The summed E-state index contributed by atoms with van der Waals surface area (Å²) in [5.74, 6) is 1.06. The third-order valence-electron chi connectivity index (χ3n) is 3.17. The highest BCUT2D eigenvalue weighted by molar-refractivity contribution is 8.04. The predicted molar refractivity (Wildman–Crippen MR) is 75.7 cm³/mol. The highest BCUT2D eigenvalue weighted by Crippen LogP contribution is 2.30. The first-order chi connectivity index (χ1) is 8.61. The molecule has 0 saturated carbocycles. The van der Waals surface area contributed by atoms with Crippen LogP contribution in [0.2, 0.25) is 0 Å². The Bertz CT molecular complexity index is 517. The van der Waals surface area contributed by atoms with E-state index >= 15 is 0 Å². The molecule has 94 valence electrons. The molecule has 2 rings (SSSR count). The molecule has 1 saturated heterocycles. The normalized spacial score (nSPS) is 19.2. The van der Waals surface area contributed by atoms with Crippen molar-refractivity contribution in [3.05, 3.63) is 39.8 Å². The van der Waals surface area contributed by atoms with Crippen molar-refractivity contribution in [1.82, 2.24) is 0 Å². The Hall–Kier alpha value is -1.35. The van der Waals surface area contributed by atoms with E-state index in [9.17, 15) is 9.59 Å². The Labute approximate surface area is 111 Å². The number of hydrogen-bond donors (Lipinski definition) is 0. The van der Waals surface area contributed by atoms with Crippen molar-refractivity contribution in [1.29, 1.82) is 0 Å². The molecule has 0 spiro atoms. The summed E-state index contributed by atoms with van der Waals surface area (Å²) in [7, 11) is 0. The van der Waals surface area contributed by atoms with Crippen molar-refractivity contribution >= 4 is 29.9 Å². The first-order valence-electron chi connectivity index (χ1n) is 6.05. The molecule has 1 aliphatic heterocycles. The highest BCUT2D eigenvalue weighted by Gasteiger charge is 2.17. The van der Waals surface area contributed by atoms with Crippen molar-refractivity contribution in [2.75, 3.05) is 5.75 Å². The predicted octanol–water partition coefficient (Wildman–Crippen LogP) is 3.34. The summed E-state index contributed by atoms with van der Waals surface area (Å²) < 4.78 is 0. The molecular formula is C15H16O2S. The lowest BCUT2D eigenvalue weighted by Crippen LogP contribution is -1.96. The number of carbonyl (C=O) groups is 2. The van der Waals surface area contributed by atoms with Gasteiger partial charge in [0.15, 0.2) is 5.78 Å². The maximum Gasteiger partial charge on any atom is 0.170 e. The van der Waals surface area contributed by atoms with Crippen LogP contribution in [0.5, 0.6) is 0 Å². The molecule has 1 heterocycles. The van der Waals surface area contributed by atoms with E-state index in [4.69, 9.17) is 0 Å². The minimum Gasteiger partial charge on any atom is -0.303 e. The second-order valence-electron chi connectivity index (χ2n) is 4.57. The van der Waals surface area contributed by atoms with E-state index in [0.29, 0.717) is 6.42 Å². The van der Waals surface area contributed by atoms with Crippen LogP contribution in [0.25, 0.3) is 6.08 Å². The number of Topliss-reactive ketones (excluding diaryl/α,β-unsaturated/α-hetero) is 1. The number of hydrogen-bond acceptors (Lipinski definition) is 3. The van der Waals surface area contributed by atoms with Gasteiger partial charge >= 0.3 is 0 Å². The average Bonchev–Trinajstić information content (AvgIpc) is 2.76. The number of aldehydes is 1. The summed E-state index contributed by atoms with van der Waals surface area (Å²) in [4.78, 5) is 23.2. The maximum absolute atomic E-state index is 11.6. The summed E-state index contributed by atoms with van der Waals surface area (Å²) in [6.45, 7) is 3.90. The maximum atomic E-state index is 11.6. The second-order valence-corrected chi connectivity index (χ2v) is 5.71. The lowest BCUT2D eigenvalue weighted by molar-refractivity contribution is -0.114. The van der Waals surface area contributed by atoms with Crippen molar-refractivity contribution in [3.8, 4) is 0 Å². The van der Waals surface area contributed by atoms with E-state index in [-0.39, 0.29) is 11.7 Å². The van der Waals surface area contributed by atoms with Gasteiger partial charge in [-0.25, -0.2) is 0 Å². The van der Waals surface area contributed by atoms with Gasteiger partial charge < -0.3 is 4.79 Å². The Morgan fingerprint density at radius 3 is 2.72 bits per heavy atom. The lowest BCUT2D eigenvalue weighted by atomic mass is 9.97. The van der Waals surface area contributed by atoms with Crippen molar-refractivity contribution < 1.29 is 9.59 Å². The summed E-state index contributed by atoms with van der Waals surface area (Å²) in [5.41, 5.74) is 3.19. The number of ketones is 1. The van der Waals surface area contributed by atoms with Crippen LogP contribution in [-0.4, -0.2) is 17.8 Å². The fraction of sp³-hybridized carbons (Fsp3) is 0.333. The molecular weight excluding hydrogens is 244 g/mol. The largest absolute Gasteiger partial charge is 0.303 e. The van der Waals surface area contributed by atoms with Crippen LogP contribution in [0.1, 0.15) is 36.0 Å². The standard InChI is InChI=1S/C15H16O2S/c1-10-7-12(11(2)9-16)3-4-13(10)8-15-14(17)5-6-18-15/h3-4,7-9,11H,5-6H2,1-2H3/b15-8-. The van der Waals surface area contributed by atoms with Gasteiger partial charge in [-0.1, -0.05) is 25.1 Å². The Balaban J connectivity index is 2.30. The van der Waals surface area contributed by atoms with Gasteiger partial charge in [0, 0.05) is 18.1 Å². The number of thioether (sulfide) groups is 1. The van der Waals surface area contributed by atoms with E-state index in [1.807, 2.05) is 38.1 Å². The van der Waals surface area contributed by atoms with Gasteiger partial charge in [0.1, 0.15) is 6.29 Å². The molecule has 0 aliphatic carbocycles. The molecule has 3 heteroatoms. The van der Waals surface area contributed by atoms with Crippen LogP contribution in [0, 0.1) is 6.92 Å². The van der Waals surface area contributed by atoms with Crippen LogP contribution < -0.4 is 0 Å². The molecule has 1 fully saturated rings. The van der Waals surface area contributed by atoms with Crippen molar-refractivity contribution in [2.45, 2.75) is 26.2 Å². The zero-order valence-electron chi connectivity index (χ0n) is 10.6. The monoisotopic (exact) mass is 260 g/mol. The third kappa shape index (κ3) is 2.72. The molecule has 1 aromatic rings. The van der Waals surface area contributed by atoms with E-state index in [1.165, 1.54) is 0 Å². The Kier molecular flexibility index (Phi) is 4.02. The number of carbonyl (C=O) groups excluding carboxylic acids is 2. The molecule has 2 nitrogen and oxygen atoms in total. The lowest BCUT2D eigenvalue weighted by Gasteiger charge is -2.08. The zero-order valence-corrected chi connectivity index (χ0v) is 11.4. The quantitative estimate of drug-likeness (QED) is 0.617. The Morgan fingerprint density at radius 2 is 2.17 bits per heavy atom. The minimum absolute atomic E-state index is 0.0760. The van der Waals surface area contributed by atoms with Gasteiger partial charge in [0.05, 0.1) is 4.91 Å². The fourth-order valence-electron chi connectivity index (χ4n) is 1.94. The number of aryl methyl sites for hydroxylation is 1. The van der Waals surface area contributed by atoms with Crippen LogP contribution in [0.3, 0.4) is 0 Å². The van der Waals surface area contributed by atoms with E-state index in [2.05, 4.69) is 0 Å². The third-order valence-corrected chi connectivity index (χ3v) is 4.24. The van der Waals surface area contributed by atoms with Gasteiger partial charge in [-0.15, -0.1) is 11.8 Å². The van der Waals surface area contributed by atoms with Gasteiger partial charge in [-0.2, -0.15) is 0 Å². The smallest absolute Gasteiger partial charge is 0.170 e. The van der Waals surface area contributed by atoms with Gasteiger partial charge in [-0.3, -0.25) is 4.79 Å². The summed E-state index contributed by atoms with van der Waals surface area (Å²) in [5, 5.41) is 0. The molecule has 0 N–H and O–H groups in total. The molecule has 0 aromatic heterocycles. The molecule has 1 aliphatic rings. The summed E-state index contributed by atoms with van der Waals surface area (Å²) >= 11 is 1.62. The SMILES string of the molecule is Cc1cc(C(C)C=O)ccc1/C=C1\SCCC1=O. The zero-order chi connectivity index (χ0) is 13.1. The molecule has 0 bridgehead atoms. The van der Waals surface area contributed by atoms with Crippen LogP contribution in [0.4, 0.5) is 0 Å². The van der Waals surface area contributed by atoms with Gasteiger partial charge in [0.2, 0.25) is 0 Å². The van der Waals surface area contributed by atoms with E-state index < -0.39 is 0 Å². The second kappa shape index (κ2) is 5.53. The molecule has 0 amide bonds. The summed E-state index contributed by atoms with van der Waals surface area (Å²) in [6.07, 6.45) is 3.56. The fourth-order valence-corrected chi connectivity index (χ4v) is 2.92. The van der Waals surface area contributed by atoms with E-state index in [0.717, 1.165) is 33.6 Å². The van der Waals surface area contributed by atoms with Crippen molar-refractivity contribution in [2.24, 2.45) is 0 Å². The summed E-state index contributed by atoms with van der Waals surface area (Å²) in [6, 6.07) is 5.97. The average molecular weight is 260 g/mol. The number of rotatable bonds is 3. The van der Waals surface area contributed by atoms with Gasteiger partial charge in [-0.05, 0) is 29.7 Å². The topological polar surface area (TPSA) is 34.1 Å². The molecule has 1 atom stereocenters. The van der Waals surface area contributed by atoms with Crippen LogP contribution in [-0.2, 0) is 9.59 Å². The number of allylic oxidation sites excluding steroid dienone is 1. The first-order valence-corrected chi connectivity index (χ1v) is 7.04. The first kappa shape index (κ1) is 13.1. The van der Waals surface area contributed by atoms with E-state index in [1.54, 1.807) is 11.8 Å². The molecule has 0 radical (unpaired) electrons. The van der Waals surface area contributed by atoms with Crippen molar-refractivity contribution in [3.63, 3.8) is 0 Å². The van der Waals surface area contributed by atoms with Crippen LogP contribution in [0.15, 0.2) is 23.1 Å². The molecule has 1 aromatic carbocycles. The Morgan fingerprint density at radius 1 is 1.39 bits per heavy atom. The molecule has 18 heavy (non-hydrogen) atoms. The highest BCUT2D eigenvalue weighted by atomic mass is 32.2. The minimum atomic E-state index is -0.0760.